The number of rotatable bonds is 9. The number of carbonyl (C=O) groups is 1. The number of aliphatic carboxylic acids is 1. The second-order valence-corrected chi connectivity index (χ2v) is 4.87. The van der Waals surface area contributed by atoms with Gasteiger partial charge in [-0.25, -0.2) is 4.79 Å². The molecule has 0 aliphatic rings. The summed E-state index contributed by atoms with van der Waals surface area (Å²) in [4.78, 5) is 11.2. The third-order valence-electron chi connectivity index (χ3n) is 2.71. The van der Waals surface area contributed by atoms with Crippen molar-refractivity contribution in [3.8, 4) is 0 Å². The minimum absolute atomic E-state index is 0.0447. The van der Waals surface area contributed by atoms with Crippen molar-refractivity contribution in [2.75, 3.05) is 0 Å². The Kier molecular flexibility index (Phi) is 7.39. The average molecular weight is 230 g/mol. The lowest BCUT2D eigenvalue weighted by atomic mass is 9.97. The number of hydrogen-bond donors (Lipinski definition) is 1. The summed E-state index contributed by atoms with van der Waals surface area (Å²) < 4.78 is 5.51. The monoisotopic (exact) mass is 230 g/mol. The highest BCUT2D eigenvalue weighted by Gasteiger charge is 2.34. The highest BCUT2D eigenvalue weighted by atomic mass is 16.5. The summed E-state index contributed by atoms with van der Waals surface area (Å²) in [7, 11) is 0. The number of ether oxygens (including phenoxy) is 1. The number of carboxylic acids is 1. The van der Waals surface area contributed by atoms with Crippen LogP contribution in [0.3, 0.4) is 0 Å². The first kappa shape index (κ1) is 15.4. The van der Waals surface area contributed by atoms with E-state index < -0.39 is 11.6 Å². The van der Waals surface area contributed by atoms with Crippen molar-refractivity contribution in [1.82, 2.24) is 0 Å². The Balaban J connectivity index is 3.98. The van der Waals surface area contributed by atoms with Gasteiger partial charge in [-0.1, -0.05) is 32.6 Å². The number of hydrogen-bond acceptors (Lipinski definition) is 2. The van der Waals surface area contributed by atoms with Gasteiger partial charge >= 0.3 is 5.97 Å². The van der Waals surface area contributed by atoms with E-state index in [2.05, 4.69) is 6.92 Å². The summed E-state index contributed by atoms with van der Waals surface area (Å²) in [6, 6.07) is 0. The zero-order valence-corrected chi connectivity index (χ0v) is 11.1. The van der Waals surface area contributed by atoms with Gasteiger partial charge in [0.2, 0.25) is 0 Å². The van der Waals surface area contributed by atoms with E-state index in [1.807, 2.05) is 13.8 Å². The van der Waals surface area contributed by atoms with E-state index in [-0.39, 0.29) is 6.10 Å². The maximum Gasteiger partial charge on any atom is 0.335 e. The van der Waals surface area contributed by atoms with Crippen LogP contribution in [0.25, 0.3) is 0 Å². The summed E-state index contributed by atoms with van der Waals surface area (Å²) in [5.41, 5.74) is -1.01. The molecule has 0 fully saturated rings. The van der Waals surface area contributed by atoms with Crippen LogP contribution in [-0.4, -0.2) is 22.8 Å². The molecule has 0 rings (SSSR count). The molecule has 0 aromatic carbocycles. The zero-order valence-electron chi connectivity index (χ0n) is 11.1. The van der Waals surface area contributed by atoms with Crippen molar-refractivity contribution in [2.45, 2.75) is 77.9 Å². The minimum Gasteiger partial charge on any atom is -0.479 e. The van der Waals surface area contributed by atoms with Crippen LogP contribution in [0.15, 0.2) is 0 Å². The molecule has 3 nitrogen and oxygen atoms in total. The fourth-order valence-corrected chi connectivity index (χ4v) is 1.80. The maximum atomic E-state index is 11.2. The molecule has 0 aliphatic carbocycles. The van der Waals surface area contributed by atoms with Crippen LogP contribution < -0.4 is 0 Å². The SMILES string of the molecule is CCCCCCCC(C)(OC(C)C)C(=O)O. The van der Waals surface area contributed by atoms with Gasteiger partial charge in [-0.15, -0.1) is 0 Å². The van der Waals surface area contributed by atoms with E-state index in [4.69, 9.17) is 9.84 Å². The molecule has 0 radical (unpaired) electrons. The van der Waals surface area contributed by atoms with E-state index >= 15 is 0 Å². The lowest BCUT2D eigenvalue weighted by Gasteiger charge is -2.27. The van der Waals surface area contributed by atoms with Gasteiger partial charge in [-0.05, 0) is 33.6 Å². The minimum atomic E-state index is -1.01. The van der Waals surface area contributed by atoms with Crippen molar-refractivity contribution in [3.63, 3.8) is 0 Å². The lowest BCUT2D eigenvalue weighted by Crippen LogP contribution is -2.40. The Labute approximate surface area is 99.2 Å². The predicted octanol–water partition coefficient (Wildman–Crippen LogP) is 3.62. The summed E-state index contributed by atoms with van der Waals surface area (Å²) >= 11 is 0. The highest BCUT2D eigenvalue weighted by molar-refractivity contribution is 5.76. The van der Waals surface area contributed by atoms with Crippen molar-refractivity contribution in [3.05, 3.63) is 0 Å². The second kappa shape index (κ2) is 7.66. The van der Waals surface area contributed by atoms with Gasteiger partial charge in [-0.2, -0.15) is 0 Å². The molecular weight excluding hydrogens is 204 g/mol. The van der Waals surface area contributed by atoms with Crippen molar-refractivity contribution >= 4 is 5.97 Å². The molecule has 1 atom stereocenters. The number of unbranched alkanes of at least 4 members (excludes halogenated alkanes) is 4. The smallest absolute Gasteiger partial charge is 0.335 e. The van der Waals surface area contributed by atoms with E-state index in [0.717, 1.165) is 12.8 Å². The van der Waals surface area contributed by atoms with Crippen molar-refractivity contribution < 1.29 is 14.6 Å². The molecule has 0 spiro atoms. The lowest BCUT2D eigenvalue weighted by molar-refractivity contribution is -0.170. The van der Waals surface area contributed by atoms with Crippen molar-refractivity contribution in [2.24, 2.45) is 0 Å². The van der Waals surface area contributed by atoms with Crippen LogP contribution in [0.5, 0.6) is 0 Å². The van der Waals surface area contributed by atoms with Gasteiger partial charge < -0.3 is 9.84 Å². The van der Waals surface area contributed by atoms with E-state index in [1.54, 1.807) is 6.92 Å². The quantitative estimate of drug-likeness (QED) is 0.615. The van der Waals surface area contributed by atoms with Gasteiger partial charge in [0.05, 0.1) is 6.10 Å². The molecule has 0 saturated carbocycles. The maximum absolute atomic E-state index is 11.2. The van der Waals surface area contributed by atoms with E-state index in [9.17, 15) is 4.79 Å². The Morgan fingerprint density at radius 3 is 2.25 bits per heavy atom. The normalized spacial score (nSPS) is 15.1. The molecule has 16 heavy (non-hydrogen) atoms. The Morgan fingerprint density at radius 1 is 1.25 bits per heavy atom. The van der Waals surface area contributed by atoms with Crippen molar-refractivity contribution in [1.29, 1.82) is 0 Å². The van der Waals surface area contributed by atoms with Crippen LogP contribution in [0.2, 0.25) is 0 Å². The molecule has 0 aromatic heterocycles. The van der Waals surface area contributed by atoms with Crippen LogP contribution in [-0.2, 0) is 9.53 Å². The van der Waals surface area contributed by atoms with Crippen LogP contribution in [0.1, 0.15) is 66.2 Å². The van der Waals surface area contributed by atoms with Crippen LogP contribution in [0.4, 0.5) is 0 Å². The summed E-state index contributed by atoms with van der Waals surface area (Å²) in [6.07, 6.45) is 6.20. The Bertz CT molecular complexity index is 201. The van der Waals surface area contributed by atoms with Crippen LogP contribution in [0, 0.1) is 0 Å². The van der Waals surface area contributed by atoms with Gasteiger partial charge in [0.25, 0.3) is 0 Å². The molecule has 0 amide bonds. The van der Waals surface area contributed by atoms with Crippen LogP contribution >= 0.6 is 0 Å². The third-order valence-corrected chi connectivity index (χ3v) is 2.71. The predicted molar refractivity (Wildman–Crippen MR) is 65.6 cm³/mol. The van der Waals surface area contributed by atoms with Gasteiger partial charge in [0.15, 0.2) is 5.60 Å². The molecule has 0 aliphatic heterocycles. The first-order valence-corrected chi connectivity index (χ1v) is 6.33. The molecule has 0 saturated heterocycles. The molecule has 1 N–H and O–H groups in total. The van der Waals surface area contributed by atoms with Gasteiger partial charge in [0.1, 0.15) is 0 Å². The molecule has 1 unspecified atom stereocenters. The average Bonchev–Trinajstić information content (AvgIpc) is 2.16. The highest BCUT2D eigenvalue weighted by Crippen LogP contribution is 2.22. The first-order chi connectivity index (χ1) is 7.42. The molecule has 0 bridgehead atoms. The fraction of sp³-hybridized carbons (Fsp3) is 0.923. The fourth-order valence-electron chi connectivity index (χ4n) is 1.80. The number of carboxylic acid groups (broad SMARTS) is 1. The molecule has 3 heteroatoms. The Morgan fingerprint density at radius 2 is 1.81 bits per heavy atom. The molecule has 96 valence electrons. The standard InChI is InChI=1S/C13H26O3/c1-5-6-7-8-9-10-13(4,12(14)15)16-11(2)3/h11H,5-10H2,1-4H3,(H,14,15). The summed E-state index contributed by atoms with van der Waals surface area (Å²) in [6.45, 7) is 7.59. The first-order valence-electron chi connectivity index (χ1n) is 6.33. The molecule has 0 aromatic rings. The van der Waals surface area contributed by atoms with Gasteiger partial charge in [0, 0.05) is 0 Å². The second-order valence-electron chi connectivity index (χ2n) is 4.87. The summed E-state index contributed by atoms with van der Waals surface area (Å²) in [5, 5.41) is 9.16. The topological polar surface area (TPSA) is 46.5 Å². The zero-order chi connectivity index (χ0) is 12.6. The van der Waals surface area contributed by atoms with E-state index in [0.29, 0.717) is 6.42 Å². The molecule has 0 heterocycles. The summed E-state index contributed by atoms with van der Waals surface area (Å²) in [5.74, 6) is -0.850. The Hall–Kier alpha value is -0.570. The largest absolute Gasteiger partial charge is 0.479 e. The molecular formula is C13H26O3. The third kappa shape index (κ3) is 6.11. The van der Waals surface area contributed by atoms with Gasteiger partial charge in [-0.3, -0.25) is 0 Å². The van der Waals surface area contributed by atoms with E-state index in [1.165, 1.54) is 19.3 Å².